The molecule has 18 heavy (non-hydrogen) atoms. The lowest BCUT2D eigenvalue weighted by Crippen LogP contribution is -2.21. The predicted octanol–water partition coefficient (Wildman–Crippen LogP) is 3.46. The van der Waals surface area contributed by atoms with E-state index in [1.807, 2.05) is 0 Å². The van der Waals surface area contributed by atoms with E-state index in [0.717, 1.165) is 24.2 Å². The summed E-state index contributed by atoms with van der Waals surface area (Å²) in [4.78, 5) is 0. The predicted molar refractivity (Wildman–Crippen MR) is 71.3 cm³/mol. The minimum Gasteiger partial charge on any atom is -0.496 e. The van der Waals surface area contributed by atoms with Crippen molar-refractivity contribution >= 4 is 0 Å². The molecular weight excluding hydrogens is 229 g/mol. The average molecular weight is 251 g/mol. The van der Waals surface area contributed by atoms with E-state index < -0.39 is 0 Å². The van der Waals surface area contributed by atoms with Gasteiger partial charge in [-0.3, -0.25) is 0 Å². The summed E-state index contributed by atoms with van der Waals surface area (Å²) in [5.41, 5.74) is 6.89. The topological polar surface area (TPSA) is 35.2 Å². The second kappa shape index (κ2) is 6.19. The molecule has 2 atom stereocenters. The summed E-state index contributed by atoms with van der Waals surface area (Å²) >= 11 is 0. The summed E-state index contributed by atoms with van der Waals surface area (Å²) in [5, 5.41) is 0. The van der Waals surface area contributed by atoms with Gasteiger partial charge in [-0.1, -0.05) is 19.3 Å². The molecule has 1 fully saturated rings. The quantitative estimate of drug-likeness (QED) is 0.835. The molecule has 3 heteroatoms. The average Bonchev–Trinajstić information content (AvgIpc) is 2.63. The molecule has 100 valence electrons. The van der Waals surface area contributed by atoms with Gasteiger partial charge < -0.3 is 10.5 Å². The molecule has 1 aromatic rings. The minimum absolute atomic E-state index is 0.189. The van der Waals surface area contributed by atoms with Gasteiger partial charge in [-0.05, 0) is 49.4 Å². The van der Waals surface area contributed by atoms with Crippen molar-refractivity contribution in [2.75, 3.05) is 13.7 Å². The van der Waals surface area contributed by atoms with Crippen LogP contribution in [0, 0.1) is 11.7 Å². The van der Waals surface area contributed by atoms with Crippen molar-refractivity contribution < 1.29 is 9.13 Å². The summed E-state index contributed by atoms with van der Waals surface area (Å²) in [6.07, 6.45) is 5.91. The van der Waals surface area contributed by atoms with E-state index in [-0.39, 0.29) is 5.82 Å². The maximum atomic E-state index is 13.5. The Morgan fingerprint density at radius 2 is 2.06 bits per heavy atom. The van der Waals surface area contributed by atoms with Crippen LogP contribution in [0.1, 0.15) is 43.6 Å². The molecule has 0 bridgehead atoms. The van der Waals surface area contributed by atoms with Crippen LogP contribution < -0.4 is 10.5 Å². The number of benzene rings is 1. The molecule has 1 saturated carbocycles. The van der Waals surface area contributed by atoms with E-state index in [1.165, 1.54) is 25.3 Å². The molecule has 0 aliphatic heterocycles. The third-order valence-electron chi connectivity index (χ3n) is 4.05. The van der Waals surface area contributed by atoms with Crippen molar-refractivity contribution in [1.29, 1.82) is 0 Å². The fourth-order valence-corrected chi connectivity index (χ4v) is 3.07. The summed E-state index contributed by atoms with van der Waals surface area (Å²) in [6.45, 7) is 0.671. The van der Waals surface area contributed by atoms with Crippen molar-refractivity contribution in [3.63, 3.8) is 0 Å². The van der Waals surface area contributed by atoms with E-state index in [1.54, 1.807) is 19.2 Å². The van der Waals surface area contributed by atoms with Crippen LogP contribution in [0.3, 0.4) is 0 Å². The van der Waals surface area contributed by atoms with Gasteiger partial charge in [0.05, 0.1) is 7.11 Å². The lowest BCUT2D eigenvalue weighted by molar-refractivity contribution is 0.370. The van der Waals surface area contributed by atoms with Crippen LogP contribution in [0.25, 0.3) is 0 Å². The number of hydrogen-bond acceptors (Lipinski definition) is 2. The second-order valence-corrected chi connectivity index (χ2v) is 5.13. The Bertz CT molecular complexity index is 394. The summed E-state index contributed by atoms with van der Waals surface area (Å²) in [7, 11) is 1.64. The first-order valence-corrected chi connectivity index (χ1v) is 6.79. The first-order chi connectivity index (χ1) is 8.76. The molecule has 0 amide bonds. The highest BCUT2D eigenvalue weighted by molar-refractivity contribution is 5.37. The molecule has 2 rings (SSSR count). The van der Waals surface area contributed by atoms with Gasteiger partial charge in [0, 0.05) is 5.56 Å². The van der Waals surface area contributed by atoms with E-state index in [9.17, 15) is 4.39 Å². The van der Waals surface area contributed by atoms with Crippen LogP contribution >= 0.6 is 0 Å². The molecule has 2 N–H and O–H groups in total. The van der Waals surface area contributed by atoms with Crippen LogP contribution in [0.2, 0.25) is 0 Å². The number of halogens is 1. The lowest BCUT2D eigenvalue weighted by atomic mass is 9.82. The van der Waals surface area contributed by atoms with Crippen LogP contribution in [0.15, 0.2) is 18.2 Å². The van der Waals surface area contributed by atoms with Crippen LogP contribution in [-0.4, -0.2) is 13.7 Å². The van der Waals surface area contributed by atoms with E-state index in [4.69, 9.17) is 10.5 Å². The highest BCUT2D eigenvalue weighted by Crippen LogP contribution is 2.40. The SMILES string of the molecule is COc1ccc(F)cc1C1CCCCCC1CN. The van der Waals surface area contributed by atoms with Crippen LogP contribution in [-0.2, 0) is 0 Å². The Kier molecular flexibility index (Phi) is 4.59. The fraction of sp³-hybridized carbons (Fsp3) is 0.600. The monoisotopic (exact) mass is 251 g/mol. The molecule has 0 heterocycles. The number of hydrogen-bond donors (Lipinski definition) is 1. The fourth-order valence-electron chi connectivity index (χ4n) is 3.07. The van der Waals surface area contributed by atoms with Gasteiger partial charge in [-0.2, -0.15) is 0 Å². The van der Waals surface area contributed by atoms with Gasteiger partial charge in [-0.25, -0.2) is 4.39 Å². The van der Waals surface area contributed by atoms with Gasteiger partial charge in [0.2, 0.25) is 0 Å². The number of nitrogens with two attached hydrogens (primary N) is 1. The van der Waals surface area contributed by atoms with Crippen molar-refractivity contribution in [1.82, 2.24) is 0 Å². The van der Waals surface area contributed by atoms with Crippen molar-refractivity contribution in [3.05, 3.63) is 29.6 Å². The van der Waals surface area contributed by atoms with Gasteiger partial charge >= 0.3 is 0 Å². The Balaban J connectivity index is 2.34. The maximum absolute atomic E-state index is 13.5. The third-order valence-corrected chi connectivity index (χ3v) is 4.05. The van der Waals surface area contributed by atoms with Gasteiger partial charge in [0.15, 0.2) is 0 Å². The van der Waals surface area contributed by atoms with E-state index in [0.29, 0.717) is 18.4 Å². The highest BCUT2D eigenvalue weighted by atomic mass is 19.1. The molecule has 0 saturated heterocycles. The largest absolute Gasteiger partial charge is 0.496 e. The normalized spacial score (nSPS) is 24.6. The van der Waals surface area contributed by atoms with Crippen LogP contribution in [0.4, 0.5) is 4.39 Å². The Hall–Kier alpha value is -1.09. The zero-order valence-electron chi connectivity index (χ0n) is 11.0. The van der Waals surface area contributed by atoms with Crippen molar-refractivity contribution in [2.24, 2.45) is 11.7 Å². The van der Waals surface area contributed by atoms with E-state index in [2.05, 4.69) is 0 Å². The molecule has 0 spiro atoms. The molecule has 2 nitrogen and oxygen atoms in total. The standard InChI is InChI=1S/C15H22FNO/c1-18-15-8-7-12(16)9-14(15)13-6-4-2-3-5-11(13)10-17/h7-9,11,13H,2-6,10,17H2,1H3. The Morgan fingerprint density at radius 1 is 1.28 bits per heavy atom. The van der Waals surface area contributed by atoms with Gasteiger partial charge in [0.1, 0.15) is 11.6 Å². The number of methoxy groups -OCH3 is 1. The molecule has 0 aromatic heterocycles. The first kappa shape index (κ1) is 13.3. The van der Waals surface area contributed by atoms with Gasteiger partial charge in [-0.15, -0.1) is 0 Å². The molecule has 0 radical (unpaired) electrons. The number of ether oxygens (including phenoxy) is 1. The smallest absolute Gasteiger partial charge is 0.123 e. The highest BCUT2D eigenvalue weighted by Gasteiger charge is 2.26. The van der Waals surface area contributed by atoms with Gasteiger partial charge in [0.25, 0.3) is 0 Å². The van der Waals surface area contributed by atoms with Crippen molar-refractivity contribution in [3.8, 4) is 5.75 Å². The lowest BCUT2D eigenvalue weighted by Gasteiger charge is -2.25. The second-order valence-electron chi connectivity index (χ2n) is 5.13. The molecular formula is C15H22FNO. The first-order valence-electron chi connectivity index (χ1n) is 6.79. The zero-order chi connectivity index (χ0) is 13.0. The summed E-state index contributed by atoms with van der Waals surface area (Å²) in [5.74, 6) is 1.39. The Morgan fingerprint density at radius 3 is 2.78 bits per heavy atom. The van der Waals surface area contributed by atoms with Crippen molar-refractivity contribution in [2.45, 2.75) is 38.0 Å². The van der Waals surface area contributed by atoms with E-state index >= 15 is 0 Å². The molecule has 1 aliphatic rings. The molecule has 1 aromatic carbocycles. The Labute approximate surface area is 108 Å². The molecule has 1 aliphatic carbocycles. The maximum Gasteiger partial charge on any atom is 0.123 e. The number of rotatable bonds is 3. The third kappa shape index (κ3) is 2.83. The summed E-state index contributed by atoms with van der Waals surface area (Å²) < 4.78 is 18.9. The van der Waals surface area contributed by atoms with Crippen LogP contribution in [0.5, 0.6) is 5.75 Å². The molecule has 2 unspecified atom stereocenters. The summed E-state index contributed by atoms with van der Waals surface area (Å²) in [6, 6.07) is 4.80. The minimum atomic E-state index is -0.189. The zero-order valence-corrected chi connectivity index (χ0v) is 11.0.